The lowest BCUT2D eigenvalue weighted by molar-refractivity contribution is -0.397. The number of aliphatic hydroxyl groups excluding tert-OH is 1. The zero-order valence-electron chi connectivity index (χ0n) is 37.0. The molecule has 6 aromatic carbocycles. The van der Waals surface area contributed by atoms with Crippen LogP contribution in [0.2, 0.25) is 0 Å². The molecule has 3 heterocycles. The van der Waals surface area contributed by atoms with Gasteiger partial charge >= 0.3 is 0 Å². The van der Waals surface area contributed by atoms with E-state index in [4.69, 9.17) is 47.4 Å². The smallest absolute Gasteiger partial charge is 0.187 e. The number of rotatable bonds is 19. The van der Waals surface area contributed by atoms with E-state index < -0.39 is 67.7 Å². The van der Waals surface area contributed by atoms with Gasteiger partial charge in [-0.25, -0.2) is 0 Å². The first-order chi connectivity index (χ1) is 33.1. The van der Waals surface area contributed by atoms with E-state index >= 15 is 0 Å². The molecule has 11 atom stereocenters. The Labute approximate surface area is 391 Å². The molecule has 3 aliphatic heterocycles. The largest absolute Gasteiger partial charge is 0.374 e. The molecule has 3 fully saturated rings. The van der Waals surface area contributed by atoms with Crippen molar-refractivity contribution < 1.29 is 52.5 Å². The summed E-state index contributed by atoms with van der Waals surface area (Å²) in [5, 5.41) is 22.1. The molecule has 12 heteroatoms. The number of hydrogen-bond acceptors (Lipinski definition) is 12. The highest BCUT2D eigenvalue weighted by molar-refractivity contribution is 5.37. The minimum absolute atomic E-state index is 0.00492. The normalized spacial score (nSPS) is 27.1. The molecule has 12 nitrogen and oxygen atoms in total. The number of hydrogen-bond donors (Lipinski definition) is 1. The van der Waals surface area contributed by atoms with Gasteiger partial charge in [0.25, 0.3) is 0 Å². The van der Waals surface area contributed by atoms with E-state index in [-0.39, 0.29) is 39.6 Å². The first kappa shape index (κ1) is 46.5. The molecule has 0 aliphatic carbocycles. The summed E-state index contributed by atoms with van der Waals surface area (Å²) in [6, 6.07) is 58.6. The van der Waals surface area contributed by atoms with Crippen molar-refractivity contribution in [2.24, 2.45) is 0 Å². The first-order valence-electron chi connectivity index (χ1n) is 22.7. The summed E-state index contributed by atoms with van der Waals surface area (Å²) in [5.41, 5.74) is 5.74. The molecule has 3 saturated heterocycles. The lowest BCUT2D eigenvalue weighted by Gasteiger charge is -2.51. The summed E-state index contributed by atoms with van der Waals surface area (Å²) in [7, 11) is 0. The topological polar surface area (TPSA) is 136 Å². The molecule has 0 aromatic heterocycles. The lowest BCUT2D eigenvalue weighted by Crippen LogP contribution is -2.67. The molecule has 0 amide bonds. The molecular weight excluding hydrogens is 851 g/mol. The fourth-order valence-electron chi connectivity index (χ4n) is 8.63. The fraction of sp³-hybridized carbons (Fsp3) is 0.327. The standard InChI is InChI=1S/C55H55NO11/c56-30-43-28-16-17-29-44(43)35-62-52-49(60-33-40-22-10-3-11-23-40)47(59-32-39-20-8-2-9-21-39)45(36-58-31-38-18-6-1-7-19-38)65-55(52)67-51-50(61-34-41-24-12-4-13-25-41)48-46(64-53(51)57)37-63-54(66-48)42-26-14-5-15-27-42/h1-29,45-55,57H,31-37H2/t45-,46-,47-,48-,49+,50+,51-,52-,53+,54?,55-/m1/s1. The molecule has 0 radical (unpaired) electrons. The second kappa shape index (κ2) is 23.4. The van der Waals surface area contributed by atoms with Gasteiger partial charge in [0, 0.05) is 5.56 Å². The predicted molar refractivity (Wildman–Crippen MR) is 245 cm³/mol. The van der Waals surface area contributed by atoms with E-state index in [2.05, 4.69) is 6.07 Å². The van der Waals surface area contributed by atoms with Gasteiger partial charge in [0.1, 0.15) is 48.8 Å². The minimum atomic E-state index is -1.51. The summed E-state index contributed by atoms with van der Waals surface area (Å²) >= 11 is 0. The Balaban J connectivity index is 1.08. The van der Waals surface area contributed by atoms with Crippen LogP contribution in [0.15, 0.2) is 176 Å². The van der Waals surface area contributed by atoms with Crippen molar-refractivity contribution in [3.63, 3.8) is 0 Å². The van der Waals surface area contributed by atoms with Crippen molar-refractivity contribution in [3.05, 3.63) is 215 Å². The molecule has 9 rings (SSSR count). The Kier molecular flexibility index (Phi) is 16.2. The molecule has 0 saturated carbocycles. The summed E-state index contributed by atoms with van der Waals surface area (Å²) in [4.78, 5) is 0. The Morgan fingerprint density at radius 1 is 0.507 bits per heavy atom. The summed E-state index contributed by atoms with van der Waals surface area (Å²) in [6.45, 7) is 1.17. The van der Waals surface area contributed by atoms with Crippen LogP contribution in [0.25, 0.3) is 0 Å². The van der Waals surface area contributed by atoms with Crippen LogP contribution in [-0.4, -0.2) is 79.7 Å². The SMILES string of the molecule is N#Cc1ccccc1CO[C@H]1[C@@H](O[C@@H]2[C@@H](OCc3ccccc3)[C@@H]3OC(c4ccccc4)OC[C@H]3O[C@@H]2O)O[C@H](COCc2ccccc2)[C@@H](OCc2ccccc2)[C@@H]1OCc1ccccc1. The molecule has 1 unspecified atom stereocenters. The van der Waals surface area contributed by atoms with Crippen molar-refractivity contribution in [2.75, 3.05) is 13.2 Å². The van der Waals surface area contributed by atoms with E-state index in [0.717, 1.165) is 27.8 Å². The van der Waals surface area contributed by atoms with E-state index in [1.54, 1.807) is 6.07 Å². The van der Waals surface area contributed by atoms with Crippen LogP contribution in [0.1, 0.15) is 45.2 Å². The minimum Gasteiger partial charge on any atom is -0.374 e. The van der Waals surface area contributed by atoms with Crippen LogP contribution in [0.3, 0.4) is 0 Å². The van der Waals surface area contributed by atoms with Gasteiger partial charge in [-0.15, -0.1) is 0 Å². The van der Waals surface area contributed by atoms with E-state index in [9.17, 15) is 10.4 Å². The number of fused-ring (bicyclic) bond motifs is 1. The predicted octanol–water partition coefficient (Wildman–Crippen LogP) is 8.36. The average molecular weight is 906 g/mol. The maximum absolute atomic E-state index is 12.0. The number of nitriles is 1. The van der Waals surface area contributed by atoms with Crippen LogP contribution in [0.4, 0.5) is 0 Å². The number of aliphatic hydroxyl groups is 1. The average Bonchev–Trinajstić information content (AvgIpc) is 3.38. The highest BCUT2D eigenvalue weighted by atomic mass is 16.8. The maximum Gasteiger partial charge on any atom is 0.187 e. The van der Waals surface area contributed by atoms with Gasteiger partial charge < -0.3 is 52.5 Å². The van der Waals surface area contributed by atoms with Gasteiger partial charge in [0.2, 0.25) is 0 Å². The van der Waals surface area contributed by atoms with Gasteiger partial charge in [-0.05, 0) is 33.9 Å². The van der Waals surface area contributed by atoms with Gasteiger partial charge in [-0.3, -0.25) is 0 Å². The van der Waals surface area contributed by atoms with Crippen molar-refractivity contribution in [3.8, 4) is 6.07 Å². The second-order valence-corrected chi connectivity index (χ2v) is 16.7. The quantitative estimate of drug-likeness (QED) is 0.0837. The van der Waals surface area contributed by atoms with Gasteiger partial charge in [0.15, 0.2) is 18.9 Å². The highest BCUT2D eigenvalue weighted by Gasteiger charge is 2.55. The number of nitrogens with zero attached hydrogens (tertiary/aromatic N) is 1. The summed E-state index contributed by atoms with van der Waals surface area (Å²) in [6.07, 6.45) is -10.3. The maximum atomic E-state index is 12.0. The zero-order chi connectivity index (χ0) is 45.6. The molecular formula is C55H55NO11. The molecule has 3 aliphatic rings. The third-order valence-electron chi connectivity index (χ3n) is 12.1. The van der Waals surface area contributed by atoms with Crippen LogP contribution < -0.4 is 0 Å². The molecule has 1 N–H and O–H groups in total. The summed E-state index contributed by atoms with van der Waals surface area (Å²) < 4.78 is 67.1. The third kappa shape index (κ3) is 12.1. The van der Waals surface area contributed by atoms with E-state index in [0.29, 0.717) is 17.7 Å². The van der Waals surface area contributed by atoms with E-state index in [1.807, 2.05) is 170 Å². The number of ether oxygens (including phenoxy) is 10. The Hall–Kier alpha value is -5.63. The van der Waals surface area contributed by atoms with Gasteiger partial charge in [0.05, 0.1) is 57.9 Å². The Morgan fingerprint density at radius 3 is 1.61 bits per heavy atom. The van der Waals surface area contributed by atoms with E-state index in [1.165, 1.54) is 0 Å². The monoisotopic (exact) mass is 905 g/mol. The first-order valence-corrected chi connectivity index (χ1v) is 22.7. The van der Waals surface area contributed by atoms with Crippen LogP contribution in [0.5, 0.6) is 0 Å². The van der Waals surface area contributed by atoms with Crippen LogP contribution in [-0.2, 0) is 80.4 Å². The van der Waals surface area contributed by atoms with Crippen molar-refractivity contribution >= 4 is 0 Å². The molecule has 67 heavy (non-hydrogen) atoms. The zero-order valence-corrected chi connectivity index (χ0v) is 37.0. The van der Waals surface area contributed by atoms with Crippen molar-refractivity contribution in [1.29, 1.82) is 5.26 Å². The highest BCUT2D eigenvalue weighted by Crippen LogP contribution is 2.39. The Bertz CT molecular complexity index is 2430. The van der Waals surface area contributed by atoms with Crippen molar-refractivity contribution in [1.82, 2.24) is 0 Å². The van der Waals surface area contributed by atoms with Crippen LogP contribution in [0, 0.1) is 11.3 Å². The lowest BCUT2D eigenvalue weighted by atomic mass is 9.95. The van der Waals surface area contributed by atoms with Gasteiger partial charge in [-0.1, -0.05) is 170 Å². The van der Waals surface area contributed by atoms with Crippen LogP contribution >= 0.6 is 0 Å². The molecule has 0 spiro atoms. The van der Waals surface area contributed by atoms with Gasteiger partial charge in [-0.2, -0.15) is 5.26 Å². The molecule has 0 bridgehead atoms. The Morgan fingerprint density at radius 2 is 1.01 bits per heavy atom. The molecule has 6 aromatic rings. The van der Waals surface area contributed by atoms with Crippen molar-refractivity contribution in [2.45, 2.75) is 101 Å². The summed E-state index contributed by atoms with van der Waals surface area (Å²) in [5.74, 6) is 0. The number of benzene rings is 6. The second-order valence-electron chi connectivity index (χ2n) is 16.7. The third-order valence-corrected chi connectivity index (χ3v) is 12.1. The fourth-order valence-corrected chi connectivity index (χ4v) is 8.63. The molecule has 346 valence electrons.